The standard InChI is InChI=1S/C15H28O4/c1-5-9-11-15(12-10-6-2,13(16)18-7-3)14(17)19-8-4/h5-12H2,1-4H3. The van der Waals surface area contributed by atoms with Gasteiger partial charge in [-0.2, -0.15) is 0 Å². The van der Waals surface area contributed by atoms with Gasteiger partial charge in [0.2, 0.25) is 0 Å². The topological polar surface area (TPSA) is 52.6 Å². The summed E-state index contributed by atoms with van der Waals surface area (Å²) in [5.74, 6) is -0.842. The lowest BCUT2D eigenvalue weighted by molar-refractivity contribution is -0.173. The third kappa shape index (κ3) is 5.21. The Hall–Kier alpha value is -1.06. The Morgan fingerprint density at radius 1 is 0.789 bits per heavy atom. The lowest BCUT2D eigenvalue weighted by Gasteiger charge is -2.29. The van der Waals surface area contributed by atoms with Crippen molar-refractivity contribution in [2.75, 3.05) is 13.2 Å². The van der Waals surface area contributed by atoms with Crippen molar-refractivity contribution in [1.82, 2.24) is 0 Å². The van der Waals surface area contributed by atoms with Crippen molar-refractivity contribution in [3.8, 4) is 0 Å². The zero-order valence-electron chi connectivity index (χ0n) is 12.8. The minimum atomic E-state index is -1.10. The fourth-order valence-corrected chi connectivity index (χ4v) is 2.11. The number of carbonyl (C=O) groups excluding carboxylic acids is 2. The lowest BCUT2D eigenvalue weighted by atomic mass is 9.78. The summed E-state index contributed by atoms with van der Waals surface area (Å²) in [5.41, 5.74) is -1.10. The van der Waals surface area contributed by atoms with Crippen molar-refractivity contribution in [3.05, 3.63) is 0 Å². The predicted octanol–water partition coefficient (Wildman–Crippen LogP) is 3.48. The van der Waals surface area contributed by atoms with Crippen LogP contribution in [0.3, 0.4) is 0 Å². The molecule has 0 aliphatic heterocycles. The average Bonchev–Trinajstić information content (AvgIpc) is 2.40. The molecule has 0 aromatic heterocycles. The molecular formula is C15H28O4. The first-order valence-corrected chi connectivity index (χ1v) is 7.43. The summed E-state index contributed by atoms with van der Waals surface area (Å²) in [7, 11) is 0. The molecule has 0 amide bonds. The highest BCUT2D eigenvalue weighted by Crippen LogP contribution is 2.34. The van der Waals surface area contributed by atoms with Crippen molar-refractivity contribution < 1.29 is 19.1 Å². The number of ether oxygens (including phenoxy) is 2. The van der Waals surface area contributed by atoms with Gasteiger partial charge in [0.1, 0.15) is 0 Å². The van der Waals surface area contributed by atoms with Crippen molar-refractivity contribution in [2.24, 2.45) is 5.41 Å². The molecule has 0 aromatic carbocycles. The van der Waals surface area contributed by atoms with Crippen LogP contribution in [0.4, 0.5) is 0 Å². The zero-order chi connectivity index (χ0) is 14.7. The number of rotatable bonds is 10. The molecule has 0 unspecified atom stereocenters. The molecule has 0 atom stereocenters. The van der Waals surface area contributed by atoms with Crippen LogP contribution in [0, 0.1) is 5.41 Å². The van der Waals surface area contributed by atoms with Crippen LogP contribution < -0.4 is 0 Å². The van der Waals surface area contributed by atoms with E-state index in [0.29, 0.717) is 12.8 Å². The molecule has 0 radical (unpaired) electrons. The molecule has 0 bridgehead atoms. The Balaban J connectivity index is 5.16. The molecule has 0 rings (SSSR count). The van der Waals surface area contributed by atoms with E-state index in [4.69, 9.17) is 9.47 Å². The summed E-state index contributed by atoms with van der Waals surface area (Å²) in [6.07, 6.45) is 4.55. The van der Waals surface area contributed by atoms with Crippen LogP contribution in [0.15, 0.2) is 0 Å². The van der Waals surface area contributed by atoms with Gasteiger partial charge in [0.15, 0.2) is 5.41 Å². The number of hydrogen-bond donors (Lipinski definition) is 0. The molecule has 0 saturated heterocycles. The molecule has 0 aliphatic carbocycles. The predicted molar refractivity (Wildman–Crippen MR) is 74.7 cm³/mol. The minimum Gasteiger partial charge on any atom is -0.465 e. The monoisotopic (exact) mass is 272 g/mol. The van der Waals surface area contributed by atoms with Gasteiger partial charge < -0.3 is 9.47 Å². The molecule has 0 aliphatic rings. The summed E-state index contributed by atoms with van der Waals surface area (Å²) in [5, 5.41) is 0. The van der Waals surface area contributed by atoms with E-state index in [1.165, 1.54) is 0 Å². The summed E-state index contributed by atoms with van der Waals surface area (Å²) in [6, 6.07) is 0. The van der Waals surface area contributed by atoms with Crippen LogP contribution >= 0.6 is 0 Å². The van der Waals surface area contributed by atoms with E-state index in [0.717, 1.165) is 25.7 Å². The van der Waals surface area contributed by atoms with E-state index in [2.05, 4.69) is 0 Å². The second kappa shape index (κ2) is 9.82. The first kappa shape index (κ1) is 17.9. The normalized spacial score (nSPS) is 11.2. The number of unbranched alkanes of at least 4 members (excludes halogenated alkanes) is 2. The van der Waals surface area contributed by atoms with Crippen LogP contribution in [0.1, 0.15) is 66.2 Å². The highest BCUT2D eigenvalue weighted by Gasteiger charge is 2.47. The highest BCUT2D eigenvalue weighted by atomic mass is 16.6. The maximum absolute atomic E-state index is 12.3. The first-order chi connectivity index (χ1) is 9.08. The molecule has 4 nitrogen and oxygen atoms in total. The molecule has 4 heteroatoms. The average molecular weight is 272 g/mol. The maximum atomic E-state index is 12.3. The van der Waals surface area contributed by atoms with Gasteiger partial charge >= 0.3 is 11.9 Å². The van der Waals surface area contributed by atoms with Crippen molar-refractivity contribution in [1.29, 1.82) is 0 Å². The summed E-state index contributed by atoms with van der Waals surface area (Å²) < 4.78 is 10.3. The fraction of sp³-hybridized carbons (Fsp3) is 0.867. The van der Waals surface area contributed by atoms with Gasteiger partial charge in [0.05, 0.1) is 13.2 Å². The Morgan fingerprint density at radius 3 is 1.42 bits per heavy atom. The number of hydrogen-bond acceptors (Lipinski definition) is 4. The van der Waals surface area contributed by atoms with E-state index in [1.807, 2.05) is 13.8 Å². The largest absolute Gasteiger partial charge is 0.465 e. The van der Waals surface area contributed by atoms with Crippen LogP contribution in [0.5, 0.6) is 0 Å². The van der Waals surface area contributed by atoms with Gasteiger partial charge in [-0.05, 0) is 26.7 Å². The van der Waals surface area contributed by atoms with Crippen molar-refractivity contribution in [2.45, 2.75) is 66.2 Å². The Bertz CT molecular complexity index is 245. The second-order valence-electron chi connectivity index (χ2n) is 4.73. The van der Waals surface area contributed by atoms with Gasteiger partial charge in [-0.3, -0.25) is 9.59 Å². The molecule has 0 heterocycles. The van der Waals surface area contributed by atoms with Crippen LogP contribution in [-0.2, 0) is 19.1 Å². The first-order valence-electron chi connectivity index (χ1n) is 7.43. The summed E-state index contributed by atoms with van der Waals surface area (Å²) in [6.45, 7) is 8.18. The summed E-state index contributed by atoms with van der Waals surface area (Å²) >= 11 is 0. The molecule has 0 fully saturated rings. The van der Waals surface area contributed by atoms with E-state index >= 15 is 0 Å². The minimum absolute atomic E-state index is 0.290. The van der Waals surface area contributed by atoms with Crippen LogP contribution in [-0.4, -0.2) is 25.2 Å². The molecule has 0 spiro atoms. The Kier molecular flexibility index (Phi) is 9.27. The Morgan fingerprint density at radius 2 is 1.16 bits per heavy atom. The molecular weight excluding hydrogens is 244 g/mol. The van der Waals surface area contributed by atoms with E-state index in [1.54, 1.807) is 13.8 Å². The maximum Gasteiger partial charge on any atom is 0.323 e. The quantitative estimate of drug-likeness (QED) is 0.451. The van der Waals surface area contributed by atoms with Crippen LogP contribution in [0.25, 0.3) is 0 Å². The Labute approximate surface area is 116 Å². The summed E-state index contributed by atoms with van der Waals surface area (Å²) in [4.78, 5) is 24.5. The van der Waals surface area contributed by atoms with Crippen molar-refractivity contribution in [3.63, 3.8) is 0 Å². The lowest BCUT2D eigenvalue weighted by Crippen LogP contribution is -2.42. The SMILES string of the molecule is CCCCC(CCCC)(C(=O)OCC)C(=O)OCC. The smallest absolute Gasteiger partial charge is 0.323 e. The van der Waals surface area contributed by atoms with Gasteiger partial charge in [0, 0.05) is 0 Å². The molecule has 19 heavy (non-hydrogen) atoms. The van der Waals surface area contributed by atoms with E-state index in [9.17, 15) is 9.59 Å². The number of carbonyl (C=O) groups is 2. The number of esters is 2. The van der Waals surface area contributed by atoms with Gasteiger partial charge in [-0.1, -0.05) is 39.5 Å². The van der Waals surface area contributed by atoms with Crippen LogP contribution in [0.2, 0.25) is 0 Å². The molecule has 0 N–H and O–H groups in total. The van der Waals surface area contributed by atoms with E-state index in [-0.39, 0.29) is 13.2 Å². The molecule has 112 valence electrons. The second-order valence-corrected chi connectivity index (χ2v) is 4.73. The highest BCUT2D eigenvalue weighted by molar-refractivity contribution is 6.00. The van der Waals surface area contributed by atoms with Gasteiger partial charge in [-0.25, -0.2) is 0 Å². The molecule has 0 saturated carbocycles. The van der Waals surface area contributed by atoms with Gasteiger partial charge in [-0.15, -0.1) is 0 Å². The van der Waals surface area contributed by atoms with Gasteiger partial charge in [0.25, 0.3) is 0 Å². The fourth-order valence-electron chi connectivity index (χ4n) is 2.11. The zero-order valence-corrected chi connectivity index (χ0v) is 12.8. The van der Waals surface area contributed by atoms with Crippen molar-refractivity contribution >= 4 is 11.9 Å². The van der Waals surface area contributed by atoms with E-state index < -0.39 is 17.4 Å². The molecule has 0 aromatic rings. The third-order valence-corrected chi connectivity index (χ3v) is 3.25. The third-order valence-electron chi connectivity index (χ3n) is 3.25.